The monoisotopic (exact) mass is 374 g/mol. The Hall–Kier alpha value is -2.04. The first-order valence-corrected chi connectivity index (χ1v) is 9.03. The van der Waals surface area contributed by atoms with Crippen molar-refractivity contribution < 1.29 is 9.53 Å². The normalized spacial score (nSPS) is 15.9. The molecule has 1 aliphatic rings. The fourth-order valence-corrected chi connectivity index (χ4v) is 3.18. The minimum absolute atomic E-state index is 0. The Morgan fingerprint density at radius 3 is 2.65 bits per heavy atom. The van der Waals surface area contributed by atoms with E-state index in [1.807, 2.05) is 42.5 Å². The van der Waals surface area contributed by atoms with Crippen LogP contribution in [0.15, 0.2) is 54.6 Å². The Morgan fingerprint density at radius 2 is 1.88 bits per heavy atom. The first kappa shape index (κ1) is 20.3. The van der Waals surface area contributed by atoms with Crippen LogP contribution in [0.3, 0.4) is 0 Å². The molecular formula is C21H27ClN2O2. The van der Waals surface area contributed by atoms with Crippen molar-refractivity contribution in [2.75, 3.05) is 26.2 Å². The van der Waals surface area contributed by atoms with Crippen molar-refractivity contribution in [1.29, 1.82) is 0 Å². The zero-order valence-corrected chi connectivity index (χ0v) is 15.8. The zero-order chi connectivity index (χ0) is 17.3. The van der Waals surface area contributed by atoms with Crippen molar-refractivity contribution in [3.63, 3.8) is 0 Å². The molecule has 26 heavy (non-hydrogen) atoms. The van der Waals surface area contributed by atoms with Gasteiger partial charge in [0.05, 0.1) is 0 Å². The molecule has 3 rings (SSSR count). The van der Waals surface area contributed by atoms with E-state index in [2.05, 4.69) is 22.8 Å². The Bertz CT molecular complexity index is 673. The lowest BCUT2D eigenvalue weighted by atomic mass is 10.0. The highest BCUT2D eigenvalue weighted by molar-refractivity contribution is 5.85. The van der Waals surface area contributed by atoms with E-state index in [0.29, 0.717) is 5.92 Å². The number of benzene rings is 2. The second kappa shape index (κ2) is 10.8. The summed E-state index contributed by atoms with van der Waals surface area (Å²) in [4.78, 5) is 12.0. The molecule has 0 radical (unpaired) electrons. The van der Waals surface area contributed by atoms with Crippen LogP contribution in [0.4, 0.5) is 0 Å². The standard InChI is InChI=1S/C21H26N2O2.ClH/c24-21(23-13-11-18-10-12-22-15-18)16-25-20-9-5-4-8-19(20)14-17-6-2-1-3-7-17;/h1-9,18,22H,10-16H2,(H,23,24);1H. The first-order chi connectivity index (χ1) is 12.3. The number of carbonyl (C=O) groups is 1. The third-order valence-corrected chi connectivity index (χ3v) is 4.61. The molecule has 2 aromatic rings. The van der Waals surface area contributed by atoms with Gasteiger partial charge in [-0.25, -0.2) is 0 Å². The Balaban J connectivity index is 0.00000243. The molecule has 2 aromatic carbocycles. The molecule has 1 unspecified atom stereocenters. The van der Waals surface area contributed by atoms with Crippen LogP contribution in [0, 0.1) is 5.92 Å². The van der Waals surface area contributed by atoms with Gasteiger partial charge in [-0.3, -0.25) is 4.79 Å². The number of hydrogen-bond acceptors (Lipinski definition) is 3. The summed E-state index contributed by atoms with van der Waals surface area (Å²) in [7, 11) is 0. The number of carbonyl (C=O) groups excluding carboxylic acids is 1. The van der Waals surface area contributed by atoms with Gasteiger partial charge in [-0.2, -0.15) is 0 Å². The summed E-state index contributed by atoms with van der Waals surface area (Å²) in [5.41, 5.74) is 2.33. The largest absolute Gasteiger partial charge is 0.483 e. The Morgan fingerprint density at radius 1 is 1.12 bits per heavy atom. The van der Waals surface area contributed by atoms with Gasteiger partial charge in [0, 0.05) is 13.0 Å². The predicted molar refractivity (Wildman–Crippen MR) is 107 cm³/mol. The molecule has 0 spiro atoms. The molecular weight excluding hydrogens is 348 g/mol. The van der Waals surface area contributed by atoms with Crippen LogP contribution < -0.4 is 15.4 Å². The molecule has 0 bridgehead atoms. The smallest absolute Gasteiger partial charge is 0.257 e. The quantitative estimate of drug-likeness (QED) is 0.746. The summed E-state index contributed by atoms with van der Waals surface area (Å²) in [6.45, 7) is 2.95. The van der Waals surface area contributed by atoms with Crippen LogP contribution in [0.1, 0.15) is 24.0 Å². The Labute approximate surface area is 161 Å². The summed E-state index contributed by atoms with van der Waals surface area (Å²) >= 11 is 0. The van der Waals surface area contributed by atoms with Crippen LogP contribution in [-0.4, -0.2) is 32.1 Å². The van der Waals surface area contributed by atoms with E-state index in [9.17, 15) is 4.79 Å². The third kappa shape index (κ3) is 6.36. The molecule has 0 aliphatic carbocycles. The molecule has 1 heterocycles. The van der Waals surface area contributed by atoms with Crippen molar-refractivity contribution in [2.45, 2.75) is 19.3 Å². The van der Waals surface area contributed by atoms with Gasteiger partial charge in [-0.1, -0.05) is 48.5 Å². The number of amides is 1. The number of hydrogen-bond donors (Lipinski definition) is 2. The maximum atomic E-state index is 12.0. The summed E-state index contributed by atoms with van der Waals surface area (Å²) in [6.07, 6.45) is 3.04. The molecule has 0 aromatic heterocycles. The number of halogens is 1. The molecule has 1 aliphatic heterocycles. The minimum atomic E-state index is -0.0551. The van der Waals surface area contributed by atoms with Gasteiger partial charge >= 0.3 is 0 Å². The fraction of sp³-hybridized carbons (Fsp3) is 0.381. The highest BCUT2D eigenvalue weighted by Crippen LogP contribution is 2.21. The van der Waals surface area contributed by atoms with Gasteiger partial charge in [-0.05, 0) is 49.0 Å². The SMILES string of the molecule is Cl.O=C(COc1ccccc1Cc1ccccc1)NCCC1CCNC1. The molecule has 2 N–H and O–H groups in total. The van der Waals surface area contributed by atoms with Crippen molar-refractivity contribution >= 4 is 18.3 Å². The van der Waals surface area contributed by atoms with Crippen molar-refractivity contribution in [3.05, 3.63) is 65.7 Å². The number of para-hydroxylation sites is 1. The summed E-state index contributed by atoms with van der Waals surface area (Å²) in [5, 5.41) is 6.30. The van der Waals surface area contributed by atoms with E-state index in [1.165, 1.54) is 12.0 Å². The lowest BCUT2D eigenvalue weighted by molar-refractivity contribution is -0.123. The average molecular weight is 375 g/mol. The van der Waals surface area contributed by atoms with Gasteiger partial charge in [0.2, 0.25) is 0 Å². The van der Waals surface area contributed by atoms with E-state index >= 15 is 0 Å². The minimum Gasteiger partial charge on any atom is -0.483 e. The van der Waals surface area contributed by atoms with Crippen LogP contribution in [-0.2, 0) is 11.2 Å². The zero-order valence-electron chi connectivity index (χ0n) is 14.9. The molecule has 5 heteroatoms. The molecule has 4 nitrogen and oxygen atoms in total. The van der Waals surface area contributed by atoms with Crippen molar-refractivity contribution in [2.24, 2.45) is 5.92 Å². The maximum absolute atomic E-state index is 12.0. The summed E-state index contributed by atoms with van der Waals surface area (Å²) in [5.74, 6) is 1.41. The molecule has 1 atom stereocenters. The van der Waals surface area contributed by atoms with E-state index in [1.54, 1.807) is 0 Å². The predicted octanol–water partition coefficient (Wildman–Crippen LogP) is 3.19. The second-order valence-electron chi connectivity index (χ2n) is 6.56. The van der Waals surface area contributed by atoms with Crippen molar-refractivity contribution in [1.82, 2.24) is 10.6 Å². The van der Waals surface area contributed by atoms with Gasteiger partial charge in [0.1, 0.15) is 5.75 Å². The number of rotatable bonds is 8. The molecule has 140 valence electrons. The van der Waals surface area contributed by atoms with Crippen LogP contribution in [0.2, 0.25) is 0 Å². The van der Waals surface area contributed by atoms with E-state index in [0.717, 1.165) is 43.8 Å². The topological polar surface area (TPSA) is 50.4 Å². The van der Waals surface area contributed by atoms with Crippen LogP contribution in [0.5, 0.6) is 5.75 Å². The van der Waals surface area contributed by atoms with Crippen molar-refractivity contribution in [3.8, 4) is 5.75 Å². The molecule has 1 amide bonds. The lowest BCUT2D eigenvalue weighted by Gasteiger charge is -2.13. The van der Waals surface area contributed by atoms with Crippen LogP contribution in [0.25, 0.3) is 0 Å². The third-order valence-electron chi connectivity index (χ3n) is 4.61. The van der Waals surface area contributed by atoms with Gasteiger partial charge in [0.25, 0.3) is 5.91 Å². The fourth-order valence-electron chi connectivity index (χ4n) is 3.18. The van der Waals surface area contributed by atoms with E-state index in [4.69, 9.17) is 4.74 Å². The molecule has 1 fully saturated rings. The molecule has 0 saturated carbocycles. The number of ether oxygens (including phenoxy) is 1. The summed E-state index contributed by atoms with van der Waals surface area (Å²) in [6, 6.07) is 18.2. The molecule has 1 saturated heterocycles. The lowest BCUT2D eigenvalue weighted by Crippen LogP contribution is -2.31. The maximum Gasteiger partial charge on any atom is 0.257 e. The van der Waals surface area contributed by atoms with Gasteiger partial charge in [0.15, 0.2) is 6.61 Å². The second-order valence-corrected chi connectivity index (χ2v) is 6.56. The average Bonchev–Trinajstić information content (AvgIpc) is 3.15. The number of nitrogens with one attached hydrogen (secondary N) is 2. The van der Waals surface area contributed by atoms with Gasteiger partial charge in [-0.15, -0.1) is 12.4 Å². The highest BCUT2D eigenvalue weighted by atomic mass is 35.5. The highest BCUT2D eigenvalue weighted by Gasteiger charge is 2.14. The van der Waals surface area contributed by atoms with Gasteiger partial charge < -0.3 is 15.4 Å². The van der Waals surface area contributed by atoms with E-state index < -0.39 is 0 Å². The summed E-state index contributed by atoms with van der Waals surface area (Å²) < 4.78 is 5.77. The Kier molecular flexibility index (Phi) is 8.45. The first-order valence-electron chi connectivity index (χ1n) is 9.03. The van der Waals surface area contributed by atoms with Crippen LogP contribution >= 0.6 is 12.4 Å². The van der Waals surface area contributed by atoms with E-state index in [-0.39, 0.29) is 24.9 Å².